The molecule has 0 aliphatic heterocycles. The summed E-state index contributed by atoms with van der Waals surface area (Å²) >= 11 is 0. The van der Waals surface area contributed by atoms with Crippen molar-refractivity contribution in [3.05, 3.63) is 89.5 Å². The number of aromatic nitrogens is 2. The molecule has 0 aliphatic rings. The predicted molar refractivity (Wildman–Crippen MR) is 137 cm³/mol. The molecule has 0 fully saturated rings. The van der Waals surface area contributed by atoms with Gasteiger partial charge in [-0.2, -0.15) is 0 Å². The third-order valence-corrected chi connectivity index (χ3v) is 6.01. The average Bonchev–Trinajstić information content (AvgIpc) is 3.14. The van der Waals surface area contributed by atoms with Gasteiger partial charge in [0, 0.05) is 17.8 Å². The largest absolute Gasteiger partial charge is 0.369 e. The van der Waals surface area contributed by atoms with Gasteiger partial charge in [-0.05, 0) is 67.1 Å². The summed E-state index contributed by atoms with van der Waals surface area (Å²) in [6.45, 7) is 3.00. The Morgan fingerprint density at radius 2 is 1.64 bits per heavy atom. The molecular formula is C28H32N4O. The summed E-state index contributed by atoms with van der Waals surface area (Å²) in [5.41, 5.74) is 11.9. The molecule has 1 aromatic heterocycles. The Bertz CT molecular complexity index is 1200. The number of hydrogen-bond acceptors (Lipinski definition) is 3. The first kappa shape index (κ1) is 22.6. The van der Waals surface area contributed by atoms with Gasteiger partial charge in [0.25, 0.3) is 5.91 Å². The summed E-state index contributed by atoms with van der Waals surface area (Å²) in [6.07, 6.45) is 6.66. The molecule has 1 amide bonds. The average molecular weight is 441 g/mol. The molecule has 0 spiro atoms. The first-order chi connectivity index (χ1) is 16.1. The number of amides is 1. The first-order valence-electron chi connectivity index (χ1n) is 11.8. The van der Waals surface area contributed by atoms with Crippen LogP contribution in [0.3, 0.4) is 0 Å². The fourth-order valence-corrected chi connectivity index (χ4v) is 4.15. The smallest absolute Gasteiger partial charge is 0.255 e. The normalized spacial score (nSPS) is 11.1. The number of carbonyl (C=O) groups excluding carboxylic acids is 1. The Morgan fingerprint density at radius 3 is 2.39 bits per heavy atom. The van der Waals surface area contributed by atoms with Gasteiger partial charge >= 0.3 is 0 Å². The molecule has 33 heavy (non-hydrogen) atoms. The standard InChI is InChI=1S/C28H32N4O/c1-2-3-5-9-22-13-15-23(16-14-22)27(33)30-24-17-18-26-25(20-24)31-28(29)32(26)19-8-12-21-10-6-4-7-11-21/h4,6-7,10-11,13-18,20H,2-3,5,8-9,12,19H2,1H3,(H2,29,31)(H,30,33). The molecule has 0 radical (unpaired) electrons. The topological polar surface area (TPSA) is 72.9 Å². The van der Waals surface area contributed by atoms with Gasteiger partial charge in [0.1, 0.15) is 0 Å². The Labute approximate surface area is 195 Å². The van der Waals surface area contributed by atoms with E-state index in [9.17, 15) is 4.79 Å². The van der Waals surface area contributed by atoms with E-state index in [1.165, 1.54) is 30.4 Å². The number of nitrogen functional groups attached to an aromatic ring is 1. The predicted octanol–water partition coefficient (Wildman–Crippen LogP) is 6.24. The van der Waals surface area contributed by atoms with Gasteiger partial charge in [-0.1, -0.05) is 62.2 Å². The highest BCUT2D eigenvalue weighted by molar-refractivity contribution is 6.05. The summed E-state index contributed by atoms with van der Waals surface area (Å²) in [5, 5.41) is 2.99. The number of imidazole rings is 1. The number of hydrogen-bond donors (Lipinski definition) is 2. The van der Waals surface area contributed by atoms with Gasteiger partial charge in [0.05, 0.1) is 11.0 Å². The zero-order valence-corrected chi connectivity index (χ0v) is 19.3. The van der Waals surface area contributed by atoms with Crippen molar-refractivity contribution in [2.45, 2.75) is 52.0 Å². The third-order valence-electron chi connectivity index (χ3n) is 6.01. The molecular weight excluding hydrogens is 408 g/mol. The van der Waals surface area contributed by atoms with Gasteiger partial charge in [0.15, 0.2) is 0 Å². The summed E-state index contributed by atoms with van der Waals surface area (Å²) in [7, 11) is 0. The Hall–Kier alpha value is -3.60. The van der Waals surface area contributed by atoms with Gasteiger partial charge < -0.3 is 15.6 Å². The summed E-state index contributed by atoms with van der Waals surface area (Å²) in [6, 6.07) is 24.1. The third kappa shape index (κ3) is 5.80. The first-order valence-corrected chi connectivity index (χ1v) is 11.8. The zero-order chi connectivity index (χ0) is 23.0. The Balaban J connectivity index is 1.39. The van der Waals surface area contributed by atoms with Gasteiger partial charge in [-0.25, -0.2) is 4.98 Å². The van der Waals surface area contributed by atoms with Crippen molar-refractivity contribution in [3.63, 3.8) is 0 Å². The molecule has 5 heteroatoms. The maximum Gasteiger partial charge on any atom is 0.255 e. The highest BCUT2D eigenvalue weighted by atomic mass is 16.1. The number of fused-ring (bicyclic) bond motifs is 1. The molecule has 170 valence electrons. The lowest BCUT2D eigenvalue weighted by Gasteiger charge is -2.08. The van der Waals surface area contributed by atoms with E-state index < -0.39 is 0 Å². The van der Waals surface area contributed by atoms with Crippen molar-refractivity contribution in [1.29, 1.82) is 0 Å². The lowest BCUT2D eigenvalue weighted by Crippen LogP contribution is -2.11. The van der Waals surface area contributed by atoms with E-state index in [0.717, 1.165) is 36.8 Å². The number of benzene rings is 3. The molecule has 0 bridgehead atoms. The lowest BCUT2D eigenvalue weighted by atomic mass is 10.1. The van der Waals surface area contributed by atoms with Crippen molar-refractivity contribution in [1.82, 2.24) is 9.55 Å². The monoisotopic (exact) mass is 440 g/mol. The molecule has 4 aromatic rings. The highest BCUT2D eigenvalue weighted by Crippen LogP contribution is 2.23. The maximum absolute atomic E-state index is 12.7. The molecule has 4 rings (SSSR count). The second kappa shape index (κ2) is 10.8. The van der Waals surface area contributed by atoms with Crippen LogP contribution in [0.15, 0.2) is 72.8 Å². The van der Waals surface area contributed by atoms with Crippen molar-refractivity contribution in [2.24, 2.45) is 0 Å². The van der Waals surface area contributed by atoms with Crippen LogP contribution in [-0.4, -0.2) is 15.5 Å². The minimum absolute atomic E-state index is 0.121. The van der Waals surface area contributed by atoms with Crippen LogP contribution in [-0.2, 0) is 19.4 Å². The van der Waals surface area contributed by atoms with Crippen LogP contribution in [0.1, 0.15) is 54.1 Å². The molecule has 0 saturated heterocycles. The number of nitrogens with zero attached hydrogens (tertiary/aromatic N) is 2. The second-order valence-corrected chi connectivity index (χ2v) is 8.52. The van der Waals surface area contributed by atoms with Crippen LogP contribution in [0.2, 0.25) is 0 Å². The molecule has 1 heterocycles. The highest BCUT2D eigenvalue weighted by Gasteiger charge is 2.11. The molecule has 0 unspecified atom stereocenters. The minimum Gasteiger partial charge on any atom is -0.369 e. The number of anilines is 2. The van der Waals surface area contributed by atoms with E-state index in [1.807, 2.05) is 53.1 Å². The van der Waals surface area contributed by atoms with Gasteiger partial charge in [-0.3, -0.25) is 4.79 Å². The molecule has 0 aliphatic carbocycles. The second-order valence-electron chi connectivity index (χ2n) is 8.52. The van der Waals surface area contributed by atoms with Crippen molar-refractivity contribution >= 4 is 28.6 Å². The SMILES string of the molecule is CCCCCc1ccc(C(=O)Nc2ccc3c(c2)nc(N)n3CCCc2ccccc2)cc1. The van der Waals surface area contributed by atoms with Crippen LogP contribution in [0, 0.1) is 0 Å². The van der Waals surface area contributed by atoms with Gasteiger partial charge in [0.2, 0.25) is 5.95 Å². The molecule has 0 saturated carbocycles. The van der Waals surface area contributed by atoms with Crippen LogP contribution in [0.4, 0.5) is 11.6 Å². The zero-order valence-electron chi connectivity index (χ0n) is 19.3. The molecule has 3 N–H and O–H groups in total. The van der Waals surface area contributed by atoms with E-state index in [1.54, 1.807) is 0 Å². The molecule has 0 atom stereocenters. The van der Waals surface area contributed by atoms with E-state index in [4.69, 9.17) is 5.73 Å². The maximum atomic E-state index is 12.7. The van der Waals surface area contributed by atoms with E-state index in [-0.39, 0.29) is 5.91 Å². The van der Waals surface area contributed by atoms with Crippen molar-refractivity contribution in [2.75, 3.05) is 11.1 Å². The van der Waals surface area contributed by atoms with Crippen LogP contribution in [0.5, 0.6) is 0 Å². The van der Waals surface area contributed by atoms with E-state index in [0.29, 0.717) is 17.2 Å². The van der Waals surface area contributed by atoms with Crippen LogP contribution >= 0.6 is 0 Å². The summed E-state index contributed by atoms with van der Waals surface area (Å²) in [4.78, 5) is 17.2. The Kier molecular flexibility index (Phi) is 7.40. The van der Waals surface area contributed by atoms with Crippen molar-refractivity contribution < 1.29 is 4.79 Å². The number of carbonyl (C=O) groups is 1. The summed E-state index contributed by atoms with van der Waals surface area (Å²) < 4.78 is 2.04. The van der Waals surface area contributed by atoms with Crippen molar-refractivity contribution in [3.8, 4) is 0 Å². The number of rotatable bonds is 10. The fourth-order valence-electron chi connectivity index (χ4n) is 4.15. The lowest BCUT2D eigenvalue weighted by molar-refractivity contribution is 0.102. The van der Waals surface area contributed by atoms with Crippen LogP contribution < -0.4 is 11.1 Å². The number of nitrogens with two attached hydrogens (primary N) is 1. The number of unbranched alkanes of at least 4 members (excludes halogenated alkanes) is 2. The summed E-state index contributed by atoms with van der Waals surface area (Å²) in [5.74, 6) is 0.380. The quantitative estimate of drug-likeness (QED) is 0.287. The number of aryl methyl sites for hydroxylation is 3. The van der Waals surface area contributed by atoms with E-state index in [2.05, 4.69) is 41.5 Å². The van der Waals surface area contributed by atoms with E-state index >= 15 is 0 Å². The molecule has 3 aromatic carbocycles. The molecule has 5 nitrogen and oxygen atoms in total. The van der Waals surface area contributed by atoms with Crippen LogP contribution in [0.25, 0.3) is 11.0 Å². The minimum atomic E-state index is -0.121. The Morgan fingerprint density at radius 1 is 0.909 bits per heavy atom. The number of nitrogens with one attached hydrogen (secondary N) is 1. The fraction of sp³-hybridized carbons (Fsp3) is 0.286. The van der Waals surface area contributed by atoms with Gasteiger partial charge in [-0.15, -0.1) is 0 Å².